The molecule has 2 rings (SSSR count). The molecule has 0 aliphatic heterocycles. The number of carbonyl (C=O) groups is 3. The Kier molecular flexibility index (Phi) is 9.58. The maximum absolute atomic E-state index is 14.0. The Morgan fingerprint density at radius 2 is 1.86 bits per heavy atom. The molecule has 1 aliphatic rings. The van der Waals surface area contributed by atoms with Crippen LogP contribution in [0.15, 0.2) is 18.2 Å². The van der Waals surface area contributed by atoms with E-state index >= 15 is 0 Å². The minimum Gasteiger partial charge on any atom is -0.508 e. The number of hydrogen-bond donors (Lipinski definition) is 3. The summed E-state index contributed by atoms with van der Waals surface area (Å²) in [5.74, 6) is -0.449. The summed E-state index contributed by atoms with van der Waals surface area (Å²) in [6.07, 6.45) is 1.87. The van der Waals surface area contributed by atoms with Gasteiger partial charge in [-0.2, -0.15) is 0 Å². The van der Waals surface area contributed by atoms with Gasteiger partial charge in [-0.05, 0) is 75.6 Å². The van der Waals surface area contributed by atoms with Gasteiger partial charge in [0.05, 0.1) is 0 Å². The number of nitrogens with zero attached hydrogens (tertiary/aromatic N) is 1. The maximum atomic E-state index is 14.0. The first-order valence-corrected chi connectivity index (χ1v) is 12.7. The molecular weight excluding hydrogens is 446 g/mol. The van der Waals surface area contributed by atoms with Crippen LogP contribution in [-0.4, -0.2) is 52.1 Å². The van der Waals surface area contributed by atoms with Crippen LogP contribution in [0.2, 0.25) is 0 Å². The number of nitrogens with one attached hydrogen (secondary N) is 2. The van der Waals surface area contributed by atoms with E-state index in [0.717, 1.165) is 19.3 Å². The van der Waals surface area contributed by atoms with Crippen LogP contribution in [-0.2, 0) is 14.3 Å². The number of amides is 3. The molecule has 0 saturated heterocycles. The molecular formula is C27H43N3O5. The minimum atomic E-state index is -0.879. The number of carbonyl (C=O) groups excluding carboxylic acids is 3. The van der Waals surface area contributed by atoms with Crippen LogP contribution in [0, 0.1) is 18.8 Å². The van der Waals surface area contributed by atoms with E-state index in [0.29, 0.717) is 17.7 Å². The lowest BCUT2D eigenvalue weighted by atomic mass is 9.97. The number of ether oxygens (including phenoxy) is 1. The normalized spacial score (nSPS) is 19.0. The highest BCUT2D eigenvalue weighted by molar-refractivity contribution is 5.92. The molecule has 0 aromatic heterocycles. The number of aromatic hydroxyl groups is 1. The third kappa shape index (κ3) is 7.87. The molecule has 0 spiro atoms. The lowest BCUT2D eigenvalue weighted by Gasteiger charge is -2.36. The molecule has 8 heteroatoms. The van der Waals surface area contributed by atoms with Gasteiger partial charge in [0.25, 0.3) is 0 Å². The first kappa shape index (κ1) is 28.5. The van der Waals surface area contributed by atoms with E-state index in [1.807, 2.05) is 27.7 Å². The number of rotatable bonds is 10. The summed E-state index contributed by atoms with van der Waals surface area (Å²) < 4.78 is 5.40. The summed E-state index contributed by atoms with van der Waals surface area (Å²) in [6, 6.07) is 3.12. The van der Waals surface area contributed by atoms with Crippen molar-refractivity contribution in [2.45, 2.75) is 98.4 Å². The van der Waals surface area contributed by atoms with Crippen LogP contribution in [0.1, 0.15) is 84.9 Å². The molecule has 1 saturated carbocycles. The van der Waals surface area contributed by atoms with Gasteiger partial charge in [0.2, 0.25) is 11.8 Å². The Hall–Kier alpha value is -2.77. The first-order valence-electron chi connectivity index (χ1n) is 12.7. The number of unbranched alkanes of at least 4 members (excludes halogenated alkanes) is 1. The topological polar surface area (TPSA) is 108 Å². The summed E-state index contributed by atoms with van der Waals surface area (Å²) in [6.45, 7) is 15.4. The van der Waals surface area contributed by atoms with Crippen LogP contribution in [0.4, 0.5) is 4.79 Å². The minimum absolute atomic E-state index is 0.125. The Morgan fingerprint density at radius 3 is 2.34 bits per heavy atom. The Morgan fingerprint density at radius 1 is 1.23 bits per heavy atom. The van der Waals surface area contributed by atoms with E-state index in [4.69, 9.17) is 4.74 Å². The lowest BCUT2D eigenvalue weighted by molar-refractivity contribution is -0.144. The second-order valence-electron chi connectivity index (χ2n) is 11.0. The first-order chi connectivity index (χ1) is 16.3. The van der Waals surface area contributed by atoms with Gasteiger partial charge in [-0.1, -0.05) is 40.2 Å². The highest BCUT2D eigenvalue weighted by atomic mass is 16.6. The third-order valence-corrected chi connectivity index (χ3v) is 6.18. The van der Waals surface area contributed by atoms with Crippen molar-refractivity contribution < 1.29 is 24.2 Å². The van der Waals surface area contributed by atoms with Crippen LogP contribution in [0.25, 0.3) is 0 Å². The van der Waals surface area contributed by atoms with Gasteiger partial charge in [0.15, 0.2) is 0 Å². The number of aryl methyl sites for hydroxylation is 1. The van der Waals surface area contributed by atoms with Crippen LogP contribution < -0.4 is 10.6 Å². The van der Waals surface area contributed by atoms with Crippen LogP contribution in [0.5, 0.6) is 5.75 Å². The van der Waals surface area contributed by atoms with Gasteiger partial charge in [-0.3, -0.25) is 9.59 Å². The van der Waals surface area contributed by atoms with E-state index in [9.17, 15) is 19.5 Å². The molecule has 1 aliphatic carbocycles. The number of benzene rings is 1. The van der Waals surface area contributed by atoms with Gasteiger partial charge in [-0.25, -0.2) is 4.79 Å². The fourth-order valence-corrected chi connectivity index (χ4v) is 4.05. The van der Waals surface area contributed by atoms with Crippen LogP contribution in [0.3, 0.4) is 0 Å². The molecule has 1 aromatic carbocycles. The van der Waals surface area contributed by atoms with Crippen LogP contribution >= 0.6 is 0 Å². The van der Waals surface area contributed by atoms with Crippen molar-refractivity contribution in [2.75, 3.05) is 6.54 Å². The van der Waals surface area contributed by atoms with E-state index in [1.54, 1.807) is 50.8 Å². The Labute approximate surface area is 209 Å². The average Bonchev–Trinajstić information content (AvgIpc) is 3.46. The fourth-order valence-electron chi connectivity index (χ4n) is 4.05. The average molecular weight is 490 g/mol. The monoisotopic (exact) mass is 489 g/mol. The number of phenols is 1. The van der Waals surface area contributed by atoms with Crippen molar-refractivity contribution in [1.82, 2.24) is 15.5 Å². The lowest BCUT2D eigenvalue weighted by Crippen LogP contribution is -2.55. The smallest absolute Gasteiger partial charge is 0.408 e. The number of alkyl carbamates (subject to hydrolysis) is 1. The van der Waals surface area contributed by atoms with Crippen molar-refractivity contribution in [3.8, 4) is 5.75 Å². The summed E-state index contributed by atoms with van der Waals surface area (Å²) in [5.41, 5.74) is 0.545. The van der Waals surface area contributed by atoms with Gasteiger partial charge >= 0.3 is 6.09 Å². The highest BCUT2D eigenvalue weighted by Crippen LogP contribution is 2.41. The molecule has 3 N–H and O–H groups in total. The number of phenolic OH excluding ortho intramolecular Hbond substituents is 1. The largest absolute Gasteiger partial charge is 0.508 e. The SMILES string of the molecule is CCCCNC(=O)C(c1ccc(O)c(C)c1)N(C(=O)C(NC(=O)OC(C)(C)C)C(C)C)C1CC1C. The fraction of sp³-hybridized carbons (Fsp3) is 0.667. The second kappa shape index (κ2) is 11.8. The molecule has 35 heavy (non-hydrogen) atoms. The molecule has 196 valence electrons. The summed E-state index contributed by atoms with van der Waals surface area (Å²) in [7, 11) is 0. The molecule has 4 atom stereocenters. The van der Waals surface area contributed by atoms with Crippen molar-refractivity contribution in [3.63, 3.8) is 0 Å². The number of hydrogen-bond acceptors (Lipinski definition) is 5. The Balaban J connectivity index is 2.47. The van der Waals surface area contributed by atoms with Gasteiger partial charge in [-0.15, -0.1) is 0 Å². The summed E-state index contributed by atoms with van der Waals surface area (Å²) >= 11 is 0. The van der Waals surface area contributed by atoms with Crippen molar-refractivity contribution in [1.29, 1.82) is 0 Å². The quantitative estimate of drug-likeness (QED) is 0.421. The molecule has 0 bridgehead atoms. The van der Waals surface area contributed by atoms with E-state index in [1.165, 1.54) is 0 Å². The zero-order valence-corrected chi connectivity index (χ0v) is 22.5. The van der Waals surface area contributed by atoms with E-state index in [-0.39, 0.29) is 35.4 Å². The zero-order valence-electron chi connectivity index (χ0n) is 22.5. The summed E-state index contributed by atoms with van der Waals surface area (Å²) in [5, 5.41) is 15.8. The second-order valence-corrected chi connectivity index (χ2v) is 11.0. The molecule has 3 amide bonds. The van der Waals surface area contributed by atoms with Gasteiger partial charge < -0.3 is 25.4 Å². The molecule has 0 radical (unpaired) electrons. The van der Waals surface area contributed by atoms with E-state index < -0.39 is 23.8 Å². The van der Waals surface area contributed by atoms with Crippen molar-refractivity contribution in [3.05, 3.63) is 29.3 Å². The molecule has 0 heterocycles. The standard InChI is InChI=1S/C27H43N3O5/c1-9-10-13-28-24(32)23(19-11-12-21(31)18(5)14-19)30(20-15-17(20)4)25(33)22(16(2)3)29-26(34)35-27(6,7)8/h11-12,14,16-17,20,22-23,31H,9-10,13,15H2,1-8H3,(H,28,32)(H,29,34). The molecule has 1 aromatic rings. The molecule has 8 nitrogen and oxygen atoms in total. The predicted molar refractivity (Wildman–Crippen MR) is 136 cm³/mol. The Bertz CT molecular complexity index is 909. The van der Waals surface area contributed by atoms with Gasteiger partial charge in [0.1, 0.15) is 23.4 Å². The van der Waals surface area contributed by atoms with Crippen molar-refractivity contribution in [2.24, 2.45) is 11.8 Å². The zero-order chi connectivity index (χ0) is 26.5. The summed E-state index contributed by atoms with van der Waals surface area (Å²) in [4.78, 5) is 41.8. The predicted octanol–water partition coefficient (Wildman–Crippen LogP) is 4.44. The molecule has 4 unspecified atom stereocenters. The third-order valence-electron chi connectivity index (χ3n) is 6.18. The highest BCUT2D eigenvalue weighted by Gasteiger charge is 2.48. The maximum Gasteiger partial charge on any atom is 0.408 e. The van der Waals surface area contributed by atoms with E-state index in [2.05, 4.69) is 10.6 Å². The van der Waals surface area contributed by atoms with Gasteiger partial charge in [0, 0.05) is 12.6 Å². The van der Waals surface area contributed by atoms with Crippen molar-refractivity contribution >= 4 is 17.9 Å². The molecule has 1 fully saturated rings.